The Morgan fingerprint density at radius 3 is 2.14 bits per heavy atom. The van der Waals surface area contributed by atoms with Crippen LogP contribution in [0.3, 0.4) is 0 Å². The molecule has 0 radical (unpaired) electrons. The first-order chi connectivity index (χ1) is 9.65. The van der Waals surface area contributed by atoms with E-state index in [2.05, 4.69) is 0 Å². The molecule has 0 unspecified atom stereocenters. The first-order valence-electron chi connectivity index (χ1n) is 6.95. The molecule has 1 aromatic rings. The average Bonchev–Trinajstić information content (AvgIpc) is 2.40. The molecule has 1 rings (SSSR count). The molecule has 0 amide bonds. The van der Waals surface area contributed by atoms with Gasteiger partial charge in [0.25, 0.3) is 0 Å². The van der Waals surface area contributed by atoms with Gasteiger partial charge >= 0.3 is 5.97 Å². The van der Waals surface area contributed by atoms with Gasteiger partial charge in [-0.3, -0.25) is 9.69 Å². The van der Waals surface area contributed by atoms with Crippen LogP contribution in [0, 0.1) is 0 Å². The normalized spacial score (nSPS) is 10.0. The third kappa shape index (κ3) is 8.42. The molecule has 0 saturated carbocycles. The van der Waals surface area contributed by atoms with Gasteiger partial charge in [-0.25, -0.2) is 0 Å². The minimum absolute atomic E-state index is 0. The van der Waals surface area contributed by atoms with Crippen LogP contribution in [-0.4, -0.2) is 48.8 Å². The smallest absolute Gasteiger partial charge is 0.317 e. The molecule has 0 spiro atoms. The zero-order chi connectivity index (χ0) is 14.8. The third-order valence-electron chi connectivity index (χ3n) is 2.71. The summed E-state index contributed by atoms with van der Waals surface area (Å²) in [6, 6.07) is 7.43. The molecule has 0 heterocycles. The number of carboxylic acid groups (broad SMARTS) is 1. The Morgan fingerprint density at radius 1 is 1.10 bits per heavy atom. The fourth-order valence-corrected chi connectivity index (χ4v) is 1.87. The number of benzene rings is 1. The SMILES string of the molecule is CCCN(CCOc1ccc(OCC)cc1)CC(=O)O.Cl. The molecule has 120 valence electrons. The predicted molar refractivity (Wildman–Crippen MR) is 84.7 cm³/mol. The highest BCUT2D eigenvalue weighted by Crippen LogP contribution is 2.17. The molecule has 0 aliphatic heterocycles. The van der Waals surface area contributed by atoms with E-state index in [9.17, 15) is 4.79 Å². The van der Waals surface area contributed by atoms with Crippen LogP contribution in [0.5, 0.6) is 11.5 Å². The van der Waals surface area contributed by atoms with Crippen LogP contribution >= 0.6 is 12.4 Å². The van der Waals surface area contributed by atoms with E-state index in [1.54, 1.807) is 0 Å². The van der Waals surface area contributed by atoms with Crippen LogP contribution in [0.15, 0.2) is 24.3 Å². The van der Waals surface area contributed by atoms with Crippen LogP contribution in [0.4, 0.5) is 0 Å². The first kappa shape index (κ1) is 19.5. The molecule has 0 aliphatic carbocycles. The summed E-state index contributed by atoms with van der Waals surface area (Å²) in [5, 5.41) is 8.81. The molecule has 0 bridgehead atoms. The lowest BCUT2D eigenvalue weighted by atomic mass is 10.3. The van der Waals surface area contributed by atoms with Crippen LogP contribution in [0.25, 0.3) is 0 Å². The van der Waals surface area contributed by atoms with Crippen LogP contribution in [0.2, 0.25) is 0 Å². The summed E-state index contributed by atoms with van der Waals surface area (Å²) in [7, 11) is 0. The minimum atomic E-state index is -0.806. The van der Waals surface area contributed by atoms with Gasteiger partial charge < -0.3 is 14.6 Å². The second kappa shape index (κ2) is 11.2. The van der Waals surface area contributed by atoms with Crippen LogP contribution in [0.1, 0.15) is 20.3 Å². The first-order valence-corrected chi connectivity index (χ1v) is 6.95. The topological polar surface area (TPSA) is 59.0 Å². The number of halogens is 1. The molecular weight excluding hydrogens is 294 g/mol. The largest absolute Gasteiger partial charge is 0.494 e. The molecule has 21 heavy (non-hydrogen) atoms. The lowest BCUT2D eigenvalue weighted by molar-refractivity contribution is -0.138. The van der Waals surface area contributed by atoms with Gasteiger partial charge in [-0.2, -0.15) is 0 Å². The Hall–Kier alpha value is -1.46. The minimum Gasteiger partial charge on any atom is -0.494 e. The van der Waals surface area contributed by atoms with Gasteiger partial charge in [0, 0.05) is 6.54 Å². The van der Waals surface area contributed by atoms with Crippen molar-refractivity contribution in [3.8, 4) is 11.5 Å². The summed E-state index contributed by atoms with van der Waals surface area (Å²) in [5.41, 5.74) is 0. The molecule has 6 heteroatoms. The lowest BCUT2D eigenvalue weighted by Gasteiger charge is -2.19. The Balaban J connectivity index is 0.00000400. The fraction of sp³-hybridized carbons (Fsp3) is 0.533. The number of ether oxygens (including phenoxy) is 2. The highest BCUT2D eigenvalue weighted by molar-refractivity contribution is 5.85. The van der Waals surface area contributed by atoms with Crippen molar-refractivity contribution in [3.63, 3.8) is 0 Å². The Kier molecular flexibility index (Phi) is 10.4. The summed E-state index contributed by atoms with van der Waals surface area (Å²) < 4.78 is 11.0. The van der Waals surface area contributed by atoms with Gasteiger partial charge in [-0.05, 0) is 44.2 Å². The van der Waals surface area contributed by atoms with Crippen LogP contribution < -0.4 is 9.47 Å². The maximum Gasteiger partial charge on any atom is 0.317 e. The van der Waals surface area contributed by atoms with E-state index in [4.69, 9.17) is 14.6 Å². The van der Waals surface area contributed by atoms with E-state index < -0.39 is 5.97 Å². The summed E-state index contributed by atoms with van der Waals surface area (Å²) in [4.78, 5) is 12.6. The molecule has 0 atom stereocenters. The van der Waals surface area contributed by atoms with Crippen molar-refractivity contribution in [2.45, 2.75) is 20.3 Å². The summed E-state index contributed by atoms with van der Waals surface area (Å²) >= 11 is 0. The van der Waals surface area contributed by atoms with Crippen molar-refractivity contribution < 1.29 is 19.4 Å². The van der Waals surface area contributed by atoms with Crippen molar-refractivity contribution >= 4 is 18.4 Å². The maximum absolute atomic E-state index is 10.7. The quantitative estimate of drug-likeness (QED) is 0.719. The van der Waals surface area contributed by atoms with Gasteiger partial charge in [-0.1, -0.05) is 6.92 Å². The van der Waals surface area contributed by atoms with E-state index in [-0.39, 0.29) is 19.0 Å². The molecule has 0 saturated heterocycles. The lowest BCUT2D eigenvalue weighted by Crippen LogP contribution is -2.34. The number of carboxylic acids is 1. The highest BCUT2D eigenvalue weighted by atomic mass is 35.5. The van der Waals surface area contributed by atoms with E-state index >= 15 is 0 Å². The second-order valence-electron chi connectivity index (χ2n) is 4.42. The van der Waals surface area contributed by atoms with Gasteiger partial charge in [0.05, 0.1) is 13.2 Å². The van der Waals surface area contributed by atoms with Crippen molar-refractivity contribution in [1.82, 2.24) is 4.90 Å². The molecular formula is C15H24ClNO4. The second-order valence-corrected chi connectivity index (χ2v) is 4.42. The van der Waals surface area contributed by atoms with Gasteiger partial charge in [-0.15, -0.1) is 12.4 Å². The Bertz CT molecular complexity index is 397. The zero-order valence-electron chi connectivity index (χ0n) is 12.6. The van der Waals surface area contributed by atoms with Crippen molar-refractivity contribution in [2.75, 3.05) is 32.8 Å². The number of carbonyl (C=O) groups is 1. The highest BCUT2D eigenvalue weighted by Gasteiger charge is 2.08. The van der Waals surface area contributed by atoms with Gasteiger partial charge in [0.2, 0.25) is 0 Å². The molecule has 0 aliphatic rings. The Morgan fingerprint density at radius 2 is 1.67 bits per heavy atom. The molecule has 5 nitrogen and oxygen atoms in total. The molecule has 1 N–H and O–H groups in total. The van der Waals surface area contributed by atoms with Crippen molar-refractivity contribution in [1.29, 1.82) is 0 Å². The van der Waals surface area contributed by atoms with Gasteiger partial charge in [0.15, 0.2) is 0 Å². The maximum atomic E-state index is 10.7. The van der Waals surface area contributed by atoms with E-state index in [1.807, 2.05) is 43.0 Å². The third-order valence-corrected chi connectivity index (χ3v) is 2.71. The summed E-state index contributed by atoms with van der Waals surface area (Å²) in [5.74, 6) is 0.776. The molecule has 1 aromatic carbocycles. The number of hydrogen-bond acceptors (Lipinski definition) is 4. The predicted octanol–water partition coefficient (Wildman–Crippen LogP) is 2.68. The number of rotatable bonds is 10. The van der Waals surface area contributed by atoms with E-state index in [0.717, 1.165) is 24.5 Å². The average molecular weight is 318 g/mol. The van der Waals surface area contributed by atoms with Crippen molar-refractivity contribution in [3.05, 3.63) is 24.3 Å². The van der Waals surface area contributed by atoms with E-state index in [0.29, 0.717) is 19.8 Å². The van der Waals surface area contributed by atoms with Crippen LogP contribution in [-0.2, 0) is 4.79 Å². The summed E-state index contributed by atoms with van der Waals surface area (Å²) in [6.07, 6.45) is 0.927. The standard InChI is InChI=1S/C15H23NO4.ClH/c1-3-9-16(12-15(17)18)10-11-20-14-7-5-13(6-8-14)19-4-2;/h5-8H,3-4,9-12H2,1-2H3,(H,17,18);1H. The monoisotopic (exact) mass is 317 g/mol. The zero-order valence-corrected chi connectivity index (χ0v) is 13.4. The Labute approximate surface area is 132 Å². The summed E-state index contributed by atoms with van der Waals surface area (Å²) in [6.45, 7) is 6.51. The van der Waals surface area contributed by atoms with Gasteiger partial charge in [0.1, 0.15) is 18.1 Å². The fourth-order valence-electron chi connectivity index (χ4n) is 1.87. The van der Waals surface area contributed by atoms with E-state index in [1.165, 1.54) is 0 Å². The van der Waals surface area contributed by atoms with Crippen molar-refractivity contribution in [2.24, 2.45) is 0 Å². The molecule has 0 aromatic heterocycles. The molecule has 0 fully saturated rings. The number of nitrogens with zero attached hydrogens (tertiary/aromatic N) is 1. The number of hydrogen-bond donors (Lipinski definition) is 1. The number of aliphatic carboxylic acids is 1.